The molecule has 2 atom stereocenters. The van der Waals surface area contributed by atoms with E-state index >= 15 is 0 Å². The first-order chi connectivity index (χ1) is 9.33. The van der Waals surface area contributed by atoms with Gasteiger partial charge in [0.2, 0.25) is 0 Å². The summed E-state index contributed by atoms with van der Waals surface area (Å²) in [5.41, 5.74) is 0.957. The highest BCUT2D eigenvalue weighted by Crippen LogP contribution is 2.28. The molecule has 4 nitrogen and oxygen atoms in total. The van der Waals surface area contributed by atoms with E-state index in [4.69, 9.17) is 4.74 Å². The van der Waals surface area contributed by atoms with Crippen LogP contribution in [0.4, 0.5) is 5.69 Å². The van der Waals surface area contributed by atoms with Gasteiger partial charge in [-0.05, 0) is 36.0 Å². The maximum absolute atomic E-state index is 12.1. The zero-order valence-electron chi connectivity index (χ0n) is 10.7. The van der Waals surface area contributed by atoms with Crippen molar-refractivity contribution >= 4 is 23.4 Å². The molecule has 1 aromatic rings. The summed E-state index contributed by atoms with van der Waals surface area (Å²) in [6, 6.07) is 7.71. The lowest BCUT2D eigenvalue weighted by atomic mass is 10.1. The average Bonchev–Trinajstić information content (AvgIpc) is 2.97. The predicted octanol–water partition coefficient (Wildman–Crippen LogP) is 1.73. The highest BCUT2D eigenvalue weighted by atomic mass is 32.2. The number of fused-ring (bicyclic) bond motifs is 1. The second-order valence-electron chi connectivity index (χ2n) is 4.96. The summed E-state index contributed by atoms with van der Waals surface area (Å²) in [5.74, 6) is 3.74. The van der Waals surface area contributed by atoms with Gasteiger partial charge < -0.3 is 15.4 Å². The van der Waals surface area contributed by atoms with Gasteiger partial charge in [0, 0.05) is 6.54 Å². The minimum Gasteiger partial charge on any atom is -0.477 e. The minimum absolute atomic E-state index is 0.0149. The number of hydrogen-bond acceptors (Lipinski definition) is 4. The zero-order chi connectivity index (χ0) is 13.1. The number of carbonyl (C=O) groups excluding carboxylic acids is 1. The third kappa shape index (κ3) is 2.97. The Hall–Kier alpha value is -1.36. The largest absolute Gasteiger partial charge is 0.477 e. The van der Waals surface area contributed by atoms with Crippen LogP contribution in [0.25, 0.3) is 0 Å². The highest BCUT2D eigenvalue weighted by Gasteiger charge is 2.26. The second-order valence-corrected chi connectivity index (χ2v) is 6.11. The molecular formula is C14H18N2O2S. The lowest BCUT2D eigenvalue weighted by Gasteiger charge is -2.26. The van der Waals surface area contributed by atoms with Gasteiger partial charge in [-0.2, -0.15) is 11.8 Å². The van der Waals surface area contributed by atoms with Crippen molar-refractivity contribution in [3.63, 3.8) is 0 Å². The van der Waals surface area contributed by atoms with Crippen molar-refractivity contribution in [1.82, 2.24) is 5.32 Å². The molecule has 5 heteroatoms. The number of nitrogens with one attached hydrogen (secondary N) is 2. The van der Waals surface area contributed by atoms with E-state index in [-0.39, 0.29) is 5.91 Å². The van der Waals surface area contributed by atoms with Crippen molar-refractivity contribution in [3.8, 4) is 5.75 Å². The fourth-order valence-electron chi connectivity index (χ4n) is 2.36. The molecule has 3 rings (SSSR count). The van der Waals surface area contributed by atoms with Crippen LogP contribution >= 0.6 is 11.8 Å². The Bertz CT molecular complexity index is 461. The summed E-state index contributed by atoms with van der Waals surface area (Å²) >= 11 is 1.97. The molecule has 102 valence electrons. The quantitative estimate of drug-likeness (QED) is 0.884. The third-order valence-corrected chi connectivity index (χ3v) is 4.75. The molecule has 2 aliphatic heterocycles. The predicted molar refractivity (Wildman–Crippen MR) is 77.8 cm³/mol. The van der Waals surface area contributed by atoms with E-state index < -0.39 is 6.10 Å². The van der Waals surface area contributed by atoms with Gasteiger partial charge in [0.25, 0.3) is 5.91 Å². The molecule has 1 fully saturated rings. The van der Waals surface area contributed by atoms with Gasteiger partial charge in [-0.3, -0.25) is 4.79 Å². The molecule has 2 unspecified atom stereocenters. The van der Waals surface area contributed by atoms with Crippen molar-refractivity contribution in [2.45, 2.75) is 12.5 Å². The van der Waals surface area contributed by atoms with E-state index in [0.717, 1.165) is 23.7 Å². The molecule has 0 spiro atoms. The fourth-order valence-corrected chi connectivity index (χ4v) is 3.65. The summed E-state index contributed by atoms with van der Waals surface area (Å²) in [7, 11) is 0. The van der Waals surface area contributed by atoms with Gasteiger partial charge in [-0.25, -0.2) is 0 Å². The maximum Gasteiger partial charge on any atom is 0.262 e. The minimum atomic E-state index is -0.427. The molecule has 2 N–H and O–H groups in total. The molecule has 2 heterocycles. The Morgan fingerprint density at radius 3 is 3.21 bits per heavy atom. The first-order valence-corrected chi connectivity index (χ1v) is 7.83. The lowest BCUT2D eigenvalue weighted by molar-refractivity contribution is -0.127. The summed E-state index contributed by atoms with van der Waals surface area (Å²) in [4.78, 5) is 12.1. The van der Waals surface area contributed by atoms with Gasteiger partial charge in [0.1, 0.15) is 5.75 Å². The standard InChI is InChI=1S/C14H18N2O2S/c17-14(16-7-10-5-6-19-9-10)13-8-15-11-3-1-2-4-12(11)18-13/h1-4,10,13,15H,5-9H2,(H,16,17). The van der Waals surface area contributed by atoms with Gasteiger partial charge in [0.15, 0.2) is 6.10 Å². The van der Waals surface area contributed by atoms with Crippen LogP contribution in [0, 0.1) is 5.92 Å². The van der Waals surface area contributed by atoms with Crippen LogP contribution in [-0.2, 0) is 4.79 Å². The van der Waals surface area contributed by atoms with Gasteiger partial charge in [0.05, 0.1) is 12.2 Å². The molecule has 0 saturated carbocycles. The molecule has 0 bridgehead atoms. The summed E-state index contributed by atoms with van der Waals surface area (Å²) < 4.78 is 5.73. The molecule has 19 heavy (non-hydrogen) atoms. The smallest absolute Gasteiger partial charge is 0.262 e. The number of amides is 1. The third-order valence-electron chi connectivity index (χ3n) is 3.52. The van der Waals surface area contributed by atoms with E-state index in [9.17, 15) is 4.79 Å². The number of carbonyl (C=O) groups is 1. The highest BCUT2D eigenvalue weighted by molar-refractivity contribution is 7.99. The number of rotatable bonds is 3. The maximum atomic E-state index is 12.1. The first kappa shape index (κ1) is 12.7. The van der Waals surface area contributed by atoms with Crippen LogP contribution < -0.4 is 15.4 Å². The Kier molecular flexibility index (Phi) is 3.82. The molecule has 1 aromatic carbocycles. The average molecular weight is 278 g/mol. The molecule has 1 saturated heterocycles. The van der Waals surface area contributed by atoms with Crippen LogP contribution in [0.1, 0.15) is 6.42 Å². The number of hydrogen-bond donors (Lipinski definition) is 2. The van der Waals surface area contributed by atoms with Crippen LogP contribution in [0.3, 0.4) is 0 Å². The monoisotopic (exact) mass is 278 g/mol. The van der Waals surface area contributed by atoms with E-state index in [0.29, 0.717) is 12.5 Å². The van der Waals surface area contributed by atoms with Crippen LogP contribution in [0.5, 0.6) is 5.75 Å². The Morgan fingerprint density at radius 1 is 1.47 bits per heavy atom. The number of para-hydroxylation sites is 2. The van der Waals surface area contributed by atoms with Crippen LogP contribution in [-0.4, -0.2) is 36.6 Å². The van der Waals surface area contributed by atoms with Crippen molar-refractivity contribution in [2.24, 2.45) is 5.92 Å². The zero-order valence-corrected chi connectivity index (χ0v) is 11.5. The van der Waals surface area contributed by atoms with Gasteiger partial charge >= 0.3 is 0 Å². The molecule has 1 amide bonds. The Labute approximate surface area is 117 Å². The van der Waals surface area contributed by atoms with E-state index in [1.54, 1.807) is 0 Å². The SMILES string of the molecule is O=C(NCC1CCSC1)C1CNc2ccccc2O1. The first-order valence-electron chi connectivity index (χ1n) is 6.68. The van der Waals surface area contributed by atoms with E-state index in [1.807, 2.05) is 36.0 Å². The van der Waals surface area contributed by atoms with E-state index in [2.05, 4.69) is 10.6 Å². The second kappa shape index (κ2) is 5.74. The Balaban J connectivity index is 1.54. The molecule has 0 radical (unpaired) electrons. The molecule has 0 aromatic heterocycles. The summed E-state index contributed by atoms with van der Waals surface area (Å²) in [6.07, 6.45) is 0.779. The topological polar surface area (TPSA) is 50.4 Å². The Morgan fingerprint density at radius 2 is 2.37 bits per heavy atom. The van der Waals surface area contributed by atoms with Crippen molar-refractivity contribution in [2.75, 3.05) is 29.9 Å². The molecule has 0 aliphatic carbocycles. The normalized spacial score (nSPS) is 25.1. The number of benzene rings is 1. The fraction of sp³-hybridized carbons (Fsp3) is 0.500. The van der Waals surface area contributed by atoms with Crippen molar-refractivity contribution < 1.29 is 9.53 Å². The number of ether oxygens (including phenoxy) is 1. The van der Waals surface area contributed by atoms with Crippen LogP contribution in [0.15, 0.2) is 24.3 Å². The van der Waals surface area contributed by atoms with Crippen molar-refractivity contribution in [3.05, 3.63) is 24.3 Å². The summed E-state index contributed by atoms with van der Waals surface area (Å²) in [6.45, 7) is 1.30. The molecular weight excluding hydrogens is 260 g/mol. The van der Waals surface area contributed by atoms with Gasteiger partial charge in [-0.15, -0.1) is 0 Å². The summed E-state index contributed by atoms with van der Waals surface area (Å²) in [5, 5.41) is 6.24. The molecule has 2 aliphatic rings. The number of thioether (sulfide) groups is 1. The number of anilines is 1. The van der Waals surface area contributed by atoms with Crippen LogP contribution in [0.2, 0.25) is 0 Å². The van der Waals surface area contributed by atoms with Gasteiger partial charge in [-0.1, -0.05) is 12.1 Å². The van der Waals surface area contributed by atoms with E-state index in [1.165, 1.54) is 12.2 Å². The van der Waals surface area contributed by atoms with Crippen molar-refractivity contribution in [1.29, 1.82) is 0 Å². The lowest BCUT2D eigenvalue weighted by Crippen LogP contribution is -2.45.